The van der Waals surface area contributed by atoms with Crippen LogP contribution < -0.4 is 14.8 Å². The molecule has 9 heteroatoms. The molecule has 2 aliphatic heterocycles. The predicted molar refractivity (Wildman–Crippen MR) is 100 cm³/mol. The molecule has 0 unspecified atom stereocenters. The standard InChI is InChI=1S/C19H22N2O6S/c1-13-17(28(23,24)21-7-2-3-8-21)11-16(27-13)19(22)20-12-14-5-4-6-15-18(14)26-10-9-25-15/h4-6,11H,2-3,7-10,12H2,1H3,(H,20,22). The van der Waals surface area contributed by atoms with Gasteiger partial charge in [-0.25, -0.2) is 8.42 Å². The van der Waals surface area contributed by atoms with Crippen LogP contribution in [0.15, 0.2) is 33.6 Å². The molecule has 1 amide bonds. The van der Waals surface area contributed by atoms with Crippen molar-refractivity contribution in [1.82, 2.24) is 9.62 Å². The highest BCUT2D eigenvalue weighted by atomic mass is 32.2. The van der Waals surface area contributed by atoms with E-state index in [-0.39, 0.29) is 23.0 Å². The lowest BCUT2D eigenvalue weighted by Gasteiger charge is -2.20. The number of para-hydroxylation sites is 1. The summed E-state index contributed by atoms with van der Waals surface area (Å²) in [5.74, 6) is 0.955. The van der Waals surface area contributed by atoms with Gasteiger partial charge < -0.3 is 19.2 Å². The monoisotopic (exact) mass is 406 g/mol. The number of carbonyl (C=O) groups is 1. The molecule has 0 atom stereocenters. The van der Waals surface area contributed by atoms with Gasteiger partial charge in [0.2, 0.25) is 10.0 Å². The van der Waals surface area contributed by atoms with Crippen LogP contribution >= 0.6 is 0 Å². The van der Waals surface area contributed by atoms with Crippen LogP contribution in [0.4, 0.5) is 0 Å². The van der Waals surface area contributed by atoms with Crippen molar-refractivity contribution in [3.05, 3.63) is 41.3 Å². The van der Waals surface area contributed by atoms with Crippen molar-refractivity contribution >= 4 is 15.9 Å². The van der Waals surface area contributed by atoms with Crippen LogP contribution in [0.3, 0.4) is 0 Å². The molecule has 1 aromatic carbocycles. The second-order valence-corrected chi connectivity index (χ2v) is 8.67. The first kappa shape index (κ1) is 18.8. The largest absolute Gasteiger partial charge is 0.486 e. The molecule has 3 heterocycles. The number of hydrogen-bond donors (Lipinski definition) is 1. The molecule has 28 heavy (non-hydrogen) atoms. The molecule has 150 valence electrons. The molecule has 2 aromatic rings. The molecular weight excluding hydrogens is 384 g/mol. The van der Waals surface area contributed by atoms with E-state index < -0.39 is 15.9 Å². The van der Waals surface area contributed by atoms with E-state index in [4.69, 9.17) is 13.9 Å². The number of fused-ring (bicyclic) bond motifs is 1. The zero-order valence-corrected chi connectivity index (χ0v) is 16.4. The van der Waals surface area contributed by atoms with E-state index in [1.807, 2.05) is 18.2 Å². The summed E-state index contributed by atoms with van der Waals surface area (Å²) in [6.45, 7) is 3.69. The molecular formula is C19H22N2O6S. The van der Waals surface area contributed by atoms with Gasteiger partial charge in [0.15, 0.2) is 17.3 Å². The van der Waals surface area contributed by atoms with E-state index in [1.54, 1.807) is 6.92 Å². The first-order valence-electron chi connectivity index (χ1n) is 9.23. The predicted octanol–water partition coefficient (Wildman–Crippen LogP) is 2.07. The Bertz CT molecular complexity index is 992. The smallest absolute Gasteiger partial charge is 0.287 e. The summed E-state index contributed by atoms with van der Waals surface area (Å²) in [6, 6.07) is 6.78. The third-order valence-electron chi connectivity index (χ3n) is 4.87. The van der Waals surface area contributed by atoms with Crippen molar-refractivity contribution in [1.29, 1.82) is 0 Å². The molecule has 1 aromatic heterocycles. The Morgan fingerprint density at radius 3 is 2.71 bits per heavy atom. The van der Waals surface area contributed by atoms with Crippen LogP contribution in [0.5, 0.6) is 11.5 Å². The highest BCUT2D eigenvalue weighted by molar-refractivity contribution is 7.89. The van der Waals surface area contributed by atoms with E-state index in [0.29, 0.717) is 37.8 Å². The minimum atomic E-state index is -3.64. The van der Waals surface area contributed by atoms with Crippen LogP contribution in [-0.4, -0.2) is 44.9 Å². The SMILES string of the molecule is Cc1oc(C(=O)NCc2cccc3c2OCCO3)cc1S(=O)(=O)N1CCCC1. The lowest BCUT2D eigenvalue weighted by atomic mass is 10.1. The second-order valence-electron chi connectivity index (χ2n) is 6.77. The highest BCUT2D eigenvalue weighted by Gasteiger charge is 2.31. The zero-order valence-electron chi connectivity index (χ0n) is 15.6. The second kappa shape index (κ2) is 7.48. The quantitative estimate of drug-likeness (QED) is 0.816. The van der Waals surface area contributed by atoms with E-state index >= 15 is 0 Å². The number of benzene rings is 1. The lowest BCUT2D eigenvalue weighted by Crippen LogP contribution is -2.28. The molecule has 0 radical (unpaired) electrons. The molecule has 8 nitrogen and oxygen atoms in total. The van der Waals surface area contributed by atoms with Crippen LogP contribution in [0.1, 0.15) is 34.7 Å². The first-order valence-corrected chi connectivity index (χ1v) is 10.7. The van der Waals surface area contributed by atoms with Gasteiger partial charge in [0.05, 0.1) is 0 Å². The topological polar surface area (TPSA) is 98.1 Å². The molecule has 2 aliphatic rings. The van der Waals surface area contributed by atoms with Crippen molar-refractivity contribution < 1.29 is 27.1 Å². The van der Waals surface area contributed by atoms with Crippen LogP contribution in [0.25, 0.3) is 0 Å². The first-order chi connectivity index (χ1) is 13.5. The fourth-order valence-corrected chi connectivity index (χ4v) is 5.11. The zero-order chi connectivity index (χ0) is 19.7. The van der Waals surface area contributed by atoms with Gasteiger partial charge in [0, 0.05) is 31.3 Å². The molecule has 0 spiro atoms. The number of rotatable bonds is 5. The highest BCUT2D eigenvalue weighted by Crippen LogP contribution is 2.33. The van der Waals surface area contributed by atoms with E-state index in [2.05, 4.69) is 5.32 Å². The number of hydrogen-bond acceptors (Lipinski definition) is 6. The summed E-state index contributed by atoms with van der Waals surface area (Å²) in [7, 11) is -3.64. The Kier molecular flexibility index (Phi) is 5.03. The summed E-state index contributed by atoms with van der Waals surface area (Å²) in [5.41, 5.74) is 0.777. The summed E-state index contributed by atoms with van der Waals surface area (Å²) in [5, 5.41) is 2.75. The maximum Gasteiger partial charge on any atom is 0.287 e. The lowest BCUT2D eigenvalue weighted by molar-refractivity contribution is 0.0921. The van der Waals surface area contributed by atoms with Gasteiger partial charge in [-0.3, -0.25) is 4.79 Å². The number of nitrogens with one attached hydrogen (secondary N) is 1. The van der Waals surface area contributed by atoms with Crippen molar-refractivity contribution in [2.24, 2.45) is 0 Å². The van der Waals surface area contributed by atoms with Gasteiger partial charge in [-0.05, 0) is 25.8 Å². The molecule has 1 fully saturated rings. The Morgan fingerprint density at radius 1 is 1.18 bits per heavy atom. The number of amides is 1. The summed E-state index contributed by atoms with van der Waals surface area (Å²) < 4.78 is 43.5. The van der Waals surface area contributed by atoms with E-state index in [1.165, 1.54) is 10.4 Å². The van der Waals surface area contributed by atoms with Gasteiger partial charge in [0.1, 0.15) is 23.9 Å². The van der Waals surface area contributed by atoms with Gasteiger partial charge in [0.25, 0.3) is 5.91 Å². The van der Waals surface area contributed by atoms with Gasteiger partial charge in [-0.1, -0.05) is 12.1 Å². The summed E-state index contributed by atoms with van der Waals surface area (Å²) in [6.07, 6.45) is 1.69. The normalized spacial score (nSPS) is 16.9. The minimum Gasteiger partial charge on any atom is -0.486 e. The van der Waals surface area contributed by atoms with Gasteiger partial charge in [-0.2, -0.15) is 4.31 Å². The number of sulfonamides is 1. The number of furan rings is 1. The fourth-order valence-electron chi connectivity index (χ4n) is 3.44. The molecule has 0 bridgehead atoms. The Hall–Kier alpha value is -2.52. The molecule has 0 saturated carbocycles. The number of carbonyl (C=O) groups excluding carboxylic acids is 1. The van der Waals surface area contributed by atoms with Crippen molar-refractivity contribution in [3.63, 3.8) is 0 Å². The van der Waals surface area contributed by atoms with Crippen molar-refractivity contribution in [2.75, 3.05) is 26.3 Å². The maximum absolute atomic E-state index is 12.7. The van der Waals surface area contributed by atoms with Crippen LogP contribution in [-0.2, 0) is 16.6 Å². The van der Waals surface area contributed by atoms with Gasteiger partial charge in [-0.15, -0.1) is 0 Å². The third kappa shape index (κ3) is 3.47. The van der Waals surface area contributed by atoms with Crippen molar-refractivity contribution in [2.45, 2.75) is 31.2 Å². The average Bonchev–Trinajstić information content (AvgIpc) is 3.36. The van der Waals surface area contributed by atoms with Gasteiger partial charge >= 0.3 is 0 Å². The van der Waals surface area contributed by atoms with E-state index in [0.717, 1.165) is 18.4 Å². The fraction of sp³-hybridized carbons (Fsp3) is 0.421. The molecule has 4 rings (SSSR count). The Balaban J connectivity index is 1.49. The molecule has 1 N–H and O–H groups in total. The third-order valence-corrected chi connectivity index (χ3v) is 6.87. The maximum atomic E-state index is 12.7. The number of aryl methyl sites for hydroxylation is 1. The Morgan fingerprint density at radius 2 is 1.93 bits per heavy atom. The van der Waals surface area contributed by atoms with E-state index in [9.17, 15) is 13.2 Å². The van der Waals surface area contributed by atoms with Crippen molar-refractivity contribution in [3.8, 4) is 11.5 Å². The molecule has 0 aliphatic carbocycles. The summed E-state index contributed by atoms with van der Waals surface area (Å²) >= 11 is 0. The molecule has 1 saturated heterocycles. The number of nitrogens with zero attached hydrogens (tertiary/aromatic N) is 1. The number of ether oxygens (including phenoxy) is 2. The average molecular weight is 406 g/mol. The minimum absolute atomic E-state index is 0.0303. The van der Waals surface area contributed by atoms with Crippen LogP contribution in [0, 0.1) is 6.92 Å². The van der Waals surface area contributed by atoms with Crippen LogP contribution in [0.2, 0.25) is 0 Å². The Labute approximate surface area is 163 Å². The summed E-state index contributed by atoms with van der Waals surface area (Å²) in [4.78, 5) is 12.6.